The van der Waals surface area contributed by atoms with Gasteiger partial charge in [-0.25, -0.2) is 0 Å². The Morgan fingerprint density at radius 2 is 2.24 bits per heavy atom. The predicted octanol–water partition coefficient (Wildman–Crippen LogP) is 2.04. The summed E-state index contributed by atoms with van der Waals surface area (Å²) in [7, 11) is 0. The van der Waals surface area contributed by atoms with Gasteiger partial charge in [0.05, 0.1) is 13.2 Å². The molecule has 1 aromatic heterocycles. The maximum absolute atomic E-state index is 12.0. The largest absolute Gasteiger partial charge is 0.466 e. The van der Waals surface area contributed by atoms with E-state index >= 15 is 0 Å². The topological polar surface area (TPSA) is 71.7 Å². The van der Waals surface area contributed by atoms with Crippen molar-refractivity contribution in [1.29, 1.82) is 0 Å². The van der Waals surface area contributed by atoms with Crippen LogP contribution in [0.1, 0.15) is 43.8 Å². The molecule has 0 bridgehead atoms. The Morgan fingerprint density at radius 1 is 1.57 bits per heavy atom. The summed E-state index contributed by atoms with van der Waals surface area (Å²) in [6, 6.07) is 1.80. The smallest absolute Gasteiger partial charge is 0.248 e. The molecule has 5 nitrogen and oxygen atoms in total. The lowest BCUT2D eigenvalue weighted by Crippen LogP contribution is -2.43. The Kier molecular flexibility index (Phi) is 4.74. The zero-order chi connectivity index (χ0) is 15.6. The van der Waals surface area contributed by atoms with Gasteiger partial charge in [0.1, 0.15) is 23.2 Å². The molecule has 0 radical (unpaired) electrons. The zero-order valence-electron chi connectivity index (χ0n) is 13.2. The first-order chi connectivity index (χ1) is 9.79. The van der Waals surface area contributed by atoms with Crippen LogP contribution in [0.15, 0.2) is 10.5 Å². The SMILES string of the molecule is Cc1cc(C(C)(O)CNC(=O)C(C)OCC2CC2)c(C)o1. The quantitative estimate of drug-likeness (QED) is 0.807. The summed E-state index contributed by atoms with van der Waals surface area (Å²) in [6.07, 6.45) is 1.90. The number of aliphatic hydroxyl groups is 1. The van der Waals surface area contributed by atoms with Crippen LogP contribution in [0.25, 0.3) is 0 Å². The second-order valence-electron chi connectivity index (χ2n) is 6.24. The first kappa shape index (κ1) is 16.0. The molecule has 2 rings (SSSR count). The van der Waals surface area contributed by atoms with Crippen molar-refractivity contribution in [1.82, 2.24) is 5.32 Å². The van der Waals surface area contributed by atoms with E-state index in [4.69, 9.17) is 9.15 Å². The van der Waals surface area contributed by atoms with Gasteiger partial charge in [0.25, 0.3) is 0 Å². The summed E-state index contributed by atoms with van der Waals surface area (Å²) in [4.78, 5) is 12.0. The number of hydrogen-bond donors (Lipinski definition) is 2. The lowest BCUT2D eigenvalue weighted by Gasteiger charge is -2.24. The van der Waals surface area contributed by atoms with E-state index < -0.39 is 11.7 Å². The molecule has 1 fully saturated rings. The Labute approximate surface area is 125 Å². The highest BCUT2D eigenvalue weighted by Crippen LogP contribution is 2.29. The molecule has 1 amide bonds. The van der Waals surface area contributed by atoms with Gasteiger partial charge < -0.3 is 19.6 Å². The summed E-state index contributed by atoms with van der Waals surface area (Å²) < 4.78 is 10.9. The highest BCUT2D eigenvalue weighted by Gasteiger charge is 2.29. The Balaban J connectivity index is 1.85. The fourth-order valence-electron chi connectivity index (χ4n) is 2.30. The summed E-state index contributed by atoms with van der Waals surface area (Å²) >= 11 is 0. The number of hydrogen-bond acceptors (Lipinski definition) is 4. The monoisotopic (exact) mass is 295 g/mol. The lowest BCUT2D eigenvalue weighted by atomic mass is 9.96. The third-order valence-corrected chi connectivity index (χ3v) is 3.88. The van der Waals surface area contributed by atoms with Crippen LogP contribution in [0.3, 0.4) is 0 Å². The molecule has 1 heterocycles. The maximum Gasteiger partial charge on any atom is 0.248 e. The van der Waals surface area contributed by atoms with Gasteiger partial charge in [0.2, 0.25) is 5.91 Å². The van der Waals surface area contributed by atoms with Crippen LogP contribution < -0.4 is 5.32 Å². The van der Waals surface area contributed by atoms with Crippen molar-refractivity contribution in [2.24, 2.45) is 5.92 Å². The number of rotatable bonds is 7. The van der Waals surface area contributed by atoms with Gasteiger partial charge in [-0.3, -0.25) is 4.79 Å². The molecule has 1 aliphatic carbocycles. The van der Waals surface area contributed by atoms with E-state index in [0.29, 0.717) is 23.8 Å². The Bertz CT molecular complexity index is 502. The van der Waals surface area contributed by atoms with Crippen LogP contribution in [-0.2, 0) is 15.1 Å². The molecular weight excluding hydrogens is 270 g/mol. The van der Waals surface area contributed by atoms with Gasteiger partial charge in [-0.05, 0) is 52.5 Å². The summed E-state index contributed by atoms with van der Waals surface area (Å²) in [5.74, 6) is 1.84. The van der Waals surface area contributed by atoms with Crippen LogP contribution in [0, 0.1) is 19.8 Å². The molecule has 5 heteroatoms. The Hall–Kier alpha value is -1.33. The van der Waals surface area contributed by atoms with Crippen LogP contribution in [0.4, 0.5) is 0 Å². The van der Waals surface area contributed by atoms with E-state index in [1.165, 1.54) is 12.8 Å². The van der Waals surface area contributed by atoms with Crippen molar-refractivity contribution in [3.63, 3.8) is 0 Å². The molecular formula is C16H25NO4. The molecule has 1 saturated carbocycles. The highest BCUT2D eigenvalue weighted by atomic mass is 16.5. The van der Waals surface area contributed by atoms with Crippen LogP contribution in [0.5, 0.6) is 0 Å². The fourth-order valence-corrected chi connectivity index (χ4v) is 2.30. The molecule has 118 valence electrons. The predicted molar refractivity (Wildman–Crippen MR) is 78.9 cm³/mol. The normalized spacial score (nSPS) is 19.1. The standard InChI is InChI=1S/C16H25NO4/c1-10-7-14(11(2)21-10)16(4,19)9-17-15(18)12(3)20-8-13-5-6-13/h7,12-13,19H,5-6,8-9H2,1-4H3,(H,17,18). The minimum absolute atomic E-state index is 0.128. The second kappa shape index (κ2) is 6.20. The summed E-state index contributed by atoms with van der Waals surface area (Å²) in [6.45, 7) is 7.81. The van der Waals surface area contributed by atoms with Crippen molar-refractivity contribution in [2.75, 3.05) is 13.2 Å². The molecule has 0 aliphatic heterocycles. The number of furan rings is 1. The number of ether oxygens (including phenoxy) is 1. The molecule has 1 aliphatic rings. The van der Waals surface area contributed by atoms with Gasteiger partial charge in [-0.2, -0.15) is 0 Å². The first-order valence-corrected chi connectivity index (χ1v) is 7.49. The average molecular weight is 295 g/mol. The number of carbonyl (C=O) groups excluding carboxylic acids is 1. The minimum atomic E-state index is -1.16. The summed E-state index contributed by atoms with van der Waals surface area (Å²) in [5, 5.41) is 13.3. The van der Waals surface area contributed by atoms with E-state index in [1.807, 2.05) is 6.92 Å². The molecule has 2 atom stereocenters. The molecule has 2 N–H and O–H groups in total. The Morgan fingerprint density at radius 3 is 2.76 bits per heavy atom. The molecule has 21 heavy (non-hydrogen) atoms. The third kappa shape index (κ3) is 4.32. The van der Waals surface area contributed by atoms with Crippen molar-refractivity contribution >= 4 is 5.91 Å². The van der Waals surface area contributed by atoms with E-state index in [1.54, 1.807) is 26.8 Å². The van der Waals surface area contributed by atoms with Crippen molar-refractivity contribution < 1.29 is 19.1 Å². The molecule has 0 spiro atoms. The van der Waals surface area contributed by atoms with Gasteiger partial charge in [-0.15, -0.1) is 0 Å². The van der Waals surface area contributed by atoms with E-state index in [0.717, 1.165) is 5.76 Å². The molecule has 2 unspecified atom stereocenters. The van der Waals surface area contributed by atoms with Gasteiger partial charge >= 0.3 is 0 Å². The number of nitrogens with one attached hydrogen (secondary N) is 1. The molecule has 0 aromatic carbocycles. The van der Waals surface area contributed by atoms with E-state index in [-0.39, 0.29) is 12.5 Å². The highest BCUT2D eigenvalue weighted by molar-refractivity contribution is 5.80. The first-order valence-electron chi connectivity index (χ1n) is 7.49. The minimum Gasteiger partial charge on any atom is -0.466 e. The van der Waals surface area contributed by atoms with Crippen molar-refractivity contribution in [2.45, 2.75) is 52.2 Å². The maximum atomic E-state index is 12.0. The fraction of sp³-hybridized carbons (Fsp3) is 0.688. The number of aryl methyl sites for hydroxylation is 2. The van der Waals surface area contributed by atoms with Crippen LogP contribution in [-0.4, -0.2) is 30.3 Å². The van der Waals surface area contributed by atoms with Crippen molar-refractivity contribution in [3.05, 3.63) is 23.2 Å². The average Bonchev–Trinajstić information content (AvgIpc) is 3.17. The number of amides is 1. The lowest BCUT2D eigenvalue weighted by molar-refractivity contribution is -0.133. The van der Waals surface area contributed by atoms with Crippen molar-refractivity contribution in [3.8, 4) is 0 Å². The van der Waals surface area contributed by atoms with Gasteiger partial charge in [0.15, 0.2) is 0 Å². The van der Waals surface area contributed by atoms with Crippen LogP contribution >= 0.6 is 0 Å². The van der Waals surface area contributed by atoms with Gasteiger partial charge in [-0.1, -0.05) is 0 Å². The second-order valence-corrected chi connectivity index (χ2v) is 6.24. The third-order valence-electron chi connectivity index (χ3n) is 3.88. The number of carbonyl (C=O) groups is 1. The molecule has 1 aromatic rings. The van der Waals surface area contributed by atoms with Crippen LogP contribution in [0.2, 0.25) is 0 Å². The summed E-state index contributed by atoms with van der Waals surface area (Å²) in [5.41, 5.74) is -0.458. The molecule has 0 saturated heterocycles. The van der Waals surface area contributed by atoms with E-state index in [9.17, 15) is 9.90 Å². The zero-order valence-corrected chi connectivity index (χ0v) is 13.2. The van der Waals surface area contributed by atoms with Gasteiger partial charge in [0, 0.05) is 5.56 Å². The van der Waals surface area contributed by atoms with E-state index in [2.05, 4.69) is 5.32 Å².